The highest BCUT2D eigenvalue weighted by Gasteiger charge is 2.12. The van der Waals surface area contributed by atoms with Gasteiger partial charge in [-0.1, -0.05) is 11.6 Å². The molecule has 0 saturated carbocycles. The van der Waals surface area contributed by atoms with Crippen LogP contribution in [0, 0.1) is 13.8 Å². The number of nitrogens with one attached hydrogen (secondary N) is 1. The summed E-state index contributed by atoms with van der Waals surface area (Å²) in [6.07, 6.45) is 1.41. The first-order valence-corrected chi connectivity index (χ1v) is 10.6. The largest absolute Gasteiger partial charge is 0.507 e. The fraction of sp³-hybridized carbons (Fsp3) is 0.250. The molecule has 0 saturated heterocycles. The lowest BCUT2D eigenvalue weighted by molar-refractivity contribution is 0.0955. The Hall–Kier alpha value is -3.25. The quantitative estimate of drug-likeness (QED) is 0.400. The van der Waals surface area contributed by atoms with Gasteiger partial charge in [-0.3, -0.25) is 4.79 Å². The van der Waals surface area contributed by atoms with Crippen LogP contribution in [0.1, 0.15) is 41.2 Å². The van der Waals surface area contributed by atoms with E-state index in [0.29, 0.717) is 16.1 Å². The van der Waals surface area contributed by atoms with Crippen LogP contribution in [-0.2, 0) is 0 Å². The topological polar surface area (TPSA) is 69.9 Å². The summed E-state index contributed by atoms with van der Waals surface area (Å²) in [6, 6.07) is 14.7. The number of hydrogen-bond donors (Lipinski definition) is 2. The number of phenolic OH excluding ortho intramolecular Hbond substituents is 1. The highest BCUT2D eigenvalue weighted by atomic mass is 35.5. The maximum atomic E-state index is 12.5. The number of amides is 1. The molecule has 0 aliphatic heterocycles. The molecule has 0 fully saturated rings. The molecule has 1 aromatic heterocycles. The molecular weight excluding hydrogens is 412 g/mol. The number of aryl methyl sites for hydroxylation is 2. The summed E-state index contributed by atoms with van der Waals surface area (Å²) in [4.78, 5) is 14.6. The Balaban J connectivity index is 1.72. The summed E-state index contributed by atoms with van der Waals surface area (Å²) in [7, 11) is 0. The minimum atomic E-state index is -0.423. The van der Waals surface area contributed by atoms with Crippen LogP contribution in [0.4, 0.5) is 5.69 Å². The first kappa shape index (κ1) is 22.4. The van der Waals surface area contributed by atoms with Gasteiger partial charge in [0.25, 0.3) is 5.91 Å². The van der Waals surface area contributed by atoms with Crippen molar-refractivity contribution >= 4 is 29.4 Å². The lowest BCUT2D eigenvalue weighted by Gasteiger charge is -2.21. The van der Waals surface area contributed by atoms with Gasteiger partial charge in [-0.2, -0.15) is 5.10 Å². The molecule has 162 valence electrons. The maximum absolute atomic E-state index is 12.5. The van der Waals surface area contributed by atoms with Gasteiger partial charge < -0.3 is 14.6 Å². The Morgan fingerprint density at radius 1 is 1.10 bits per heavy atom. The SMILES string of the molecule is CCN(CC)c1ccc(/C=N\NC(=O)c2ccc(-n3c(C)ccc3C)cc2Cl)c(O)c1. The molecule has 0 aliphatic carbocycles. The minimum Gasteiger partial charge on any atom is -0.507 e. The van der Waals surface area contributed by atoms with Crippen LogP contribution in [0.2, 0.25) is 5.02 Å². The summed E-state index contributed by atoms with van der Waals surface area (Å²) in [6.45, 7) is 9.85. The van der Waals surface area contributed by atoms with Crippen molar-refractivity contribution in [2.24, 2.45) is 5.10 Å². The van der Waals surface area contributed by atoms with Crippen molar-refractivity contribution in [3.8, 4) is 11.4 Å². The Kier molecular flexibility index (Phi) is 7.02. The standard InChI is InChI=1S/C24H27ClN4O2/c1-5-28(6-2)19-10-9-18(23(30)14-19)15-26-27-24(31)21-12-11-20(13-22(21)25)29-16(3)7-8-17(29)4/h7-15,30H,5-6H2,1-4H3,(H,27,31)/b26-15-. The number of aromatic hydroxyl groups is 1. The average molecular weight is 439 g/mol. The van der Waals surface area contributed by atoms with E-state index in [1.807, 2.05) is 38.1 Å². The number of carbonyl (C=O) groups is 1. The second kappa shape index (κ2) is 9.71. The van der Waals surface area contributed by atoms with Crippen LogP contribution >= 0.6 is 11.6 Å². The molecule has 0 bridgehead atoms. The molecule has 2 aromatic carbocycles. The van der Waals surface area contributed by atoms with Gasteiger partial charge in [-0.15, -0.1) is 0 Å². The third-order valence-corrected chi connectivity index (χ3v) is 5.55. The molecule has 1 heterocycles. The average Bonchev–Trinajstić information content (AvgIpc) is 3.08. The number of anilines is 1. The van der Waals surface area contributed by atoms with E-state index in [4.69, 9.17) is 11.6 Å². The Morgan fingerprint density at radius 2 is 1.77 bits per heavy atom. The van der Waals surface area contributed by atoms with E-state index in [-0.39, 0.29) is 5.75 Å². The van der Waals surface area contributed by atoms with E-state index in [9.17, 15) is 9.90 Å². The van der Waals surface area contributed by atoms with E-state index in [1.165, 1.54) is 6.21 Å². The van der Waals surface area contributed by atoms with Crippen molar-refractivity contribution in [1.29, 1.82) is 0 Å². The zero-order valence-corrected chi connectivity index (χ0v) is 18.9. The van der Waals surface area contributed by atoms with Crippen LogP contribution in [0.3, 0.4) is 0 Å². The number of rotatable bonds is 7. The van der Waals surface area contributed by atoms with Gasteiger partial charge in [-0.25, -0.2) is 5.43 Å². The molecule has 0 radical (unpaired) electrons. The second-order valence-corrected chi connectivity index (χ2v) is 7.64. The summed E-state index contributed by atoms with van der Waals surface area (Å²) < 4.78 is 2.07. The highest BCUT2D eigenvalue weighted by Crippen LogP contribution is 2.25. The fourth-order valence-electron chi connectivity index (χ4n) is 3.55. The Labute approximate surface area is 187 Å². The second-order valence-electron chi connectivity index (χ2n) is 7.23. The van der Waals surface area contributed by atoms with Crippen molar-refractivity contribution in [2.45, 2.75) is 27.7 Å². The Morgan fingerprint density at radius 3 is 2.35 bits per heavy atom. The summed E-state index contributed by atoms with van der Waals surface area (Å²) in [5.74, 6) is -0.324. The molecule has 3 aromatic rings. The van der Waals surface area contributed by atoms with Gasteiger partial charge in [-0.05, 0) is 70.2 Å². The first-order valence-electron chi connectivity index (χ1n) is 10.2. The molecule has 6 nitrogen and oxygen atoms in total. The number of aromatic nitrogens is 1. The van der Waals surface area contributed by atoms with Crippen molar-refractivity contribution < 1.29 is 9.90 Å². The number of phenols is 1. The van der Waals surface area contributed by atoms with Crippen molar-refractivity contribution in [1.82, 2.24) is 9.99 Å². The van der Waals surface area contributed by atoms with E-state index in [0.717, 1.165) is 35.9 Å². The van der Waals surface area contributed by atoms with E-state index >= 15 is 0 Å². The predicted octanol–water partition coefficient (Wildman–Crippen LogP) is 5.06. The molecule has 3 rings (SSSR count). The van der Waals surface area contributed by atoms with Gasteiger partial charge in [0.05, 0.1) is 16.8 Å². The number of nitrogens with zero attached hydrogens (tertiary/aromatic N) is 3. The molecule has 0 aliphatic rings. The Bertz CT molecular complexity index is 1100. The maximum Gasteiger partial charge on any atom is 0.272 e. The number of halogens is 1. The summed E-state index contributed by atoms with van der Waals surface area (Å²) in [5, 5.41) is 14.6. The van der Waals surface area contributed by atoms with Crippen LogP contribution < -0.4 is 10.3 Å². The number of carbonyl (C=O) groups excluding carboxylic acids is 1. The minimum absolute atomic E-state index is 0.0993. The van der Waals surface area contributed by atoms with E-state index in [2.05, 4.69) is 33.8 Å². The van der Waals surface area contributed by atoms with E-state index < -0.39 is 5.91 Å². The predicted molar refractivity (Wildman–Crippen MR) is 127 cm³/mol. The summed E-state index contributed by atoms with van der Waals surface area (Å²) >= 11 is 6.37. The molecule has 0 unspecified atom stereocenters. The molecule has 1 amide bonds. The smallest absolute Gasteiger partial charge is 0.272 e. The van der Waals surface area contributed by atoms with Gasteiger partial charge in [0.2, 0.25) is 0 Å². The molecule has 0 spiro atoms. The zero-order chi connectivity index (χ0) is 22.5. The fourth-order valence-corrected chi connectivity index (χ4v) is 3.81. The summed E-state index contributed by atoms with van der Waals surface area (Å²) in [5.41, 5.74) is 7.30. The van der Waals surface area contributed by atoms with Crippen molar-refractivity contribution in [3.63, 3.8) is 0 Å². The third kappa shape index (κ3) is 4.91. The van der Waals surface area contributed by atoms with Crippen LogP contribution in [0.15, 0.2) is 53.6 Å². The molecule has 2 N–H and O–H groups in total. The van der Waals surface area contributed by atoms with Crippen LogP contribution in [0.25, 0.3) is 5.69 Å². The molecular formula is C24H27ClN4O2. The van der Waals surface area contributed by atoms with Gasteiger partial charge in [0, 0.05) is 47.5 Å². The lowest BCUT2D eigenvalue weighted by Crippen LogP contribution is -2.21. The van der Waals surface area contributed by atoms with Gasteiger partial charge >= 0.3 is 0 Å². The van der Waals surface area contributed by atoms with Crippen LogP contribution in [0.5, 0.6) is 5.75 Å². The molecule has 7 heteroatoms. The number of hydrazone groups is 1. The molecule has 0 atom stereocenters. The van der Waals surface area contributed by atoms with Gasteiger partial charge in [0.15, 0.2) is 0 Å². The number of hydrogen-bond acceptors (Lipinski definition) is 4. The van der Waals surface area contributed by atoms with Gasteiger partial charge in [0.1, 0.15) is 5.75 Å². The monoisotopic (exact) mass is 438 g/mol. The highest BCUT2D eigenvalue weighted by molar-refractivity contribution is 6.34. The van der Waals surface area contributed by atoms with E-state index in [1.54, 1.807) is 24.3 Å². The zero-order valence-electron chi connectivity index (χ0n) is 18.2. The van der Waals surface area contributed by atoms with Crippen molar-refractivity contribution in [3.05, 3.63) is 76.1 Å². The molecule has 31 heavy (non-hydrogen) atoms. The lowest BCUT2D eigenvalue weighted by atomic mass is 10.2. The first-order chi connectivity index (χ1) is 14.8. The van der Waals surface area contributed by atoms with Crippen LogP contribution in [-0.4, -0.2) is 34.9 Å². The van der Waals surface area contributed by atoms with Crippen molar-refractivity contribution in [2.75, 3.05) is 18.0 Å². The normalized spacial score (nSPS) is 11.1. The number of benzene rings is 2. The third-order valence-electron chi connectivity index (χ3n) is 5.24.